The molecule has 0 aromatic heterocycles. The fourth-order valence-electron chi connectivity index (χ4n) is 1.83. The second kappa shape index (κ2) is 4.69. The normalized spacial score (nSPS) is 10.4. The van der Waals surface area contributed by atoms with Gasteiger partial charge in [0.2, 0.25) is 0 Å². The maximum absolute atomic E-state index is 9.23. The van der Waals surface area contributed by atoms with Gasteiger partial charge in [0.15, 0.2) is 0 Å². The first kappa shape index (κ1) is 11.2. The Hall–Kier alpha value is -1.31. The maximum atomic E-state index is 9.23. The molecule has 1 N–H and O–H groups in total. The van der Waals surface area contributed by atoms with Crippen LogP contribution in [-0.2, 0) is 6.61 Å². The molecule has 0 atom stereocenters. The fourth-order valence-corrected chi connectivity index (χ4v) is 2.06. The van der Waals surface area contributed by atoms with Crippen LogP contribution in [0, 0.1) is 6.92 Å². The van der Waals surface area contributed by atoms with Crippen LogP contribution in [0.4, 0.5) is 0 Å². The van der Waals surface area contributed by atoms with Crippen molar-refractivity contribution in [2.45, 2.75) is 13.5 Å². The first-order chi connectivity index (χ1) is 7.74. The first-order valence-electron chi connectivity index (χ1n) is 5.18. The van der Waals surface area contributed by atoms with Crippen LogP contribution in [0.1, 0.15) is 11.1 Å². The highest BCUT2D eigenvalue weighted by molar-refractivity contribution is 6.33. The molecular weight excluding hydrogens is 220 g/mol. The molecule has 0 fully saturated rings. The Kier molecular flexibility index (Phi) is 3.28. The van der Waals surface area contributed by atoms with E-state index in [4.69, 9.17) is 11.6 Å². The number of benzene rings is 2. The van der Waals surface area contributed by atoms with Crippen molar-refractivity contribution >= 4 is 11.6 Å². The second-order valence-electron chi connectivity index (χ2n) is 3.73. The highest BCUT2D eigenvalue weighted by Gasteiger charge is 2.07. The lowest BCUT2D eigenvalue weighted by Gasteiger charge is -2.11. The van der Waals surface area contributed by atoms with Crippen molar-refractivity contribution in [2.75, 3.05) is 0 Å². The van der Waals surface area contributed by atoms with Crippen molar-refractivity contribution < 1.29 is 5.11 Å². The number of aliphatic hydroxyl groups excluding tert-OH is 1. The molecular formula is C14H13ClO. The van der Waals surface area contributed by atoms with Gasteiger partial charge in [0.05, 0.1) is 6.61 Å². The van der Waals surface area contributed by atoms with Crippen molar-refractivity contribution in [1.29, 1.82) is 0 Å². The average Bonchev–Trinajstić information content (AvgIpc) is 2.31. The molecule has 0 heterocycles. The third-order valence-corrected chi connectivity index (χ3v) is 3.11. The lowest BCUT2D eigenvalue weighted by molar-refractivity contribution is 0.281. The van der Waals surface area contributed by atoms with Gasteiger partial charge < -0.3 is 5.11 Å². The van der Waals surface area contributed by atoms with E-state index in [1.54, 1.807) is 0 Å². The van der Waals surface area contributed by atoms with E-state index in [-0.39, 0.29) is 6.61 Å². The van der Waals surface area contributed by atoms with E-state index in [2.05, 4.69) is 0 Å². The summed E-state index contributed by atoms with van der Waals surface area (Å²) in [6.07, 6.45) is 0. The monoisotopic (exact) mass is 232 g/mol. The minimum atomic E-state index is 0.0596. The first-order valence-corrected chi connectivity index (χ1v) is 5.56. The van der Waals surface area contributed by atoms with Crippen molar-refractivity contribution in [3.8, 4) is 11.1 Å². The van der Waals surface area contributed by atoms with Gasteiger partial charge in [0.25, 0.3) is 0 Å². The van der Waals surface area contributed by atoms with E-state index in [0.717, 1.165) is 27.3 Å². The molecule has 0 spiro atoms. The SMILES string of the molecule is Cc1c(CO)cccc1-c1ccccc1Cl. The third kappa shape index (κ3) is 1.97. The largest absolute Gasteiger partial charge is 0.392 e. The van der Waals surface area contributed by atoms with Gasteiger partial charge in [-0.2, -0.15) is 0 Å². The summed E-state index contributed by atoms with van der Waals surface area (Å²) in [5.74, 6) is 0. The maximum Gasteiger partial charge on any atom is 0.0684 e. The molecule has 0 radical (unpaired) electrons. The van der Waals surface area contributed by atoms with Gasteiger partial charge in [-0.15, -0.1) is 0 Å². The summed E-state index contributed by atoms with van der Waals surface area (Å²) >= 11 is 6.16. The van der Waals surface area contributed by atoms with Crippen molar-refractivity contribution in [3.63, 3.8) is 0 Å². The van der Waals surface area contributed by atoms with Crippen molar-refractivity contribution in [1.82, 2.24) is 0 Å². The van der Waals surface area contributed by atoms with Gasteiger partial charge in [0, 0.05) is 10.6 Å². The van der Waals surface area contributed by atoms with Crippen LogP contribution in [0.25, 0.3) is 11.1 Å². The molecule has 0 bridgehead atoms. The van der Waals surface area contributed by atoms with Crippen molar-refractivity contribution in [2.24, 2.45) is 0 Å². The van der Waals surface area contributed by atoms with Gasteiger partial charge in [-0.1, -0.05) is 48.0 Å². The summed E-state index contributed by atoms with van der Waals surface area (Å²) in [6, 6.07) is 13.6. The predicted molar refractivity (Wildman–Crippen MR) is 67.5 cm³/mol. The zero-order valence-electron chi connectivity index (χ0n) is 9.07. The highest BCUT2D eigenvalue weighted by Crippen LogP contribution is 2.31. The number of halogens is 1. The Morgan fingerprint density at radius 3 is 2.38 bits per heavy atom. The number of rotatable bonds is 2. The van der Waals surface area contributed by atoms with Gasteiger partial charge in [0.1, 0.15) is 0 Å². The molecule has 0 aliphatic carbocycles. The molecule has 0 unspecified atom stereocenters. The van der Waals surface area contributed by atoms with Gasteiger partial charge >= 0.3 is 0 Å². The third-order valence-electron chi connectivity index (χ3n) is 2.78. The molecule has 0 aliphatic rings. The average molecular weight is 233 g/mol. The van der Waals surface area contributed by atoms with E-state index in [1.807, 2.05) is 49.4 Å². The molecule has 16 heavy (non-hydrogen) atoms. The van der Waals surface area contributed by atoms with E-state index in [1.165, 1.54) is 0 Å². The van der Waals surface area contributed by atoms with Crippen LogP contribution in [-0.4, -0.2) is 5.11 Å². The Morgan fingerprint density at radius 2 is 1.69 bits per heavy atom. The van der Waals surface area contributed by atoms with E-state index in [0.29, 0.717) is 0 Å². The van der Waals surface area contributed by atoms with Gasteiger partial charge in [-0.3, -0.25) is 0 Å². The highest BCUT2D eigenvalue weighted by atomic mass is 35.5. The molecule has 2 aromatic rings. The summed E-state index contributed by atoms with van der Waals surface area (Å²) in [4.78, 5) is 0. The molecule has 0 amide bonds. The molecule has 1 nitrogen and oxygen atoms in total. The van der Waals surface area contributed by atoms with Crippen LogP contribution in [0.2, 0.25) is 5.02 Å². The van der Waals surface area contributed by atoms with Gasteiger partial charge in [-0.25, -0.2) is 0 Å². The van der Waals surface area contributed by atoms with Crippen LogP contribution < -0.4 is 0 Å². The van der Waals surface area contributed by atoms with Crippen LogP contribution in [0.3, 0.4) is 0 Å². The van der Waals surface area contributed by atoms with E-state index >= 15 is 0 Å². The molecule has 0 aliphatic heterocycles. The van der Waals surface area contributed by atoms with Crippen molar-refractivity contribution in [3.05, 3.63) is 58.6 Å². The standard InChI is InChI=1S/C14H13ClO/c1-10-11(9-16)5-4-7-12(10)13-6-2-3-8-14(13)15/h2-8,16H,9H2,1H3. The summed E-state index contributed by atoms with van der Waals surface area (Å²) in [5.41, 5.74) is 4.12. The number of aliphatic hydroxyl groups is 1. The quantitative estimate of drug-likeness (QED) is 0.835. The lowest BCUT2D eigenvalue weighted by Crippen LogP contribution is -1.92. The van der Waals surface area contributed by atoms with Crippen LogP contribution in [0.5, 0.6) is 0 Å². The number of hydrogen-bond donors (Lipinski definition) is 1. The minimum Gasteiger partial charge on any atom is -0.392 e. The topological polar surface area (TPSA) is 20.2 Å². The smallest absolute Gasteiger partial charge is 0.0684 e. The summed E-state index contributed by atoms with van der Waals surface area (Å²) in [6.45, 7) is 2.06. The van der Waals surface area contributed by atoms with E-state index < -0.39 is 0 Å². The summed E-state index contributed by atoms with van der Waals surface area (Å²) < 4.78 is 0. The number of hydrogen-bond acceptors (Lipinski definition) is 1. The van der Waals surface area contributed by atoms with Crippen LogP contribution in [0.15, 0.2) is 42.5 Å². The van der Waals surface area contributed by atoms with Gasteiger partial charge in [-0.05, 0) is 29.7 Å². The molecule has 0 saturated carbocycles. The molecule has 2 rings (SSSR count). The summed E-state index contributed by atoms with van der Waals surface area (Å²) in [5, 5.41) is 9.96. The lowest BCUT2D eigenvalue weighted by atomic mass is 9.97. The minimum absolute atomic E-state index is 0.0596. The molecule has 82 valence electrons. The fraction of sp³-hybridized carbons (Fsp3) is 0.143. The molecule has 0 saturated heterocycles. The second-order valence-corrected chi connectivity index (χ2v) is 4.13. The van der Waals surface area contributed by atoms with Crippen LogP contribution >= 0.6 is 11.6 Å². The summed E-state index contributed by atoms with van der Waals surface area (Å²) in [7, 11) is 0. The molecule has 2 heteroatoms. The molecule has 2 aromatic carbocycles. The zero-order chi connectivity index (χ0) is 11.5. The zero-order valence-corrected chi connectivity index (χ0v) is 9.83. The van der Waals surface area contributed by atoms with E-state index in [9.17, 15) is 5.11 Å². The Labute approximate surface area is 100 Å². The Balaban J connectivity index is 2.61. The Bertz CT molecular complexity index is 506. The predicted octanol–water partition coefficient (Wildman–Crippen LogP) is 3.81. The Morgan fingerprint density at radius 1 is 1.00 bits per heavy atom.